The quantitative estimate of drug-likeness (QED) is 0.758. The van der Waals surface area contributed by atoms with Gasteiger partial charge in [0.2, 0.25) is 0 Å². The highest BCUT2D eigenvalue weighted by atomic mass is 16.5. The molecule has 5 rings (SSSR count). The van der Waals surface area contributed by atoms with Crippen LogP contribution in [0.25, 0.3) is 0 Å². The number of rotatable bonds is 3. The van der Waals surface area contributed by atoms with Crippen molar-refractivity contribution in [2.45, 2.75) is 58.1 Å². The summed E-state index contributed by atoms with van der Waals surface area (Å²) in [6.07, 6.45) is 8.68. The maximum atomic E-state index is 12.7. The van der Waals surface area contributed by atoms with Gasteiger partial charge >= 0.3 is 0 Å². The SMILES string of the molecule is CC1(C)Cc2cccc(CN3CCC4(CC3)CCN(C(=O)c3ccncn3)CC4)c2O1. The van der Waals surface area contributed by atoms with Gasteiger partial charge in [-0.25, -0.2) is 9.97 Å². The molecule has 3 aliphatic heterocycles. The van der Waals surface area contributed by atoms with Gasteiger partial charge in [0.25, 0.3) is 5.91 Å². The summed E-state index contributed by atoms with van der Waals surface area (Å²) in [7, 11) is 0. The Morgan fingerprint density at radius 1 is 1.06 bits per heavy atom. The van der Waals surface area contributed by atoms with E-state index in [0.717, 1.165) is 57.7 Å². The molecule has 3 aliphatic rings. The molecule has 2 aromatic rings. The minimum atomic E-state index is -0.0957. The lowest BCUT2D eigenvalue weighted by Crippen LogP contribution is -2.48. The second-order valence-electron chi connectivity index (χ2n) is 10.1. The van der Waals surface area contributed by atoms with Crippen LogP contribution in [0.5, 0.6) is 5.75 Å². The van der Waals surface area contributed by atoms with E-state index in [4.69, 9.17) is 4.74 Å². The predicted molar refractivity (Wildman–Crippen MR) is 119 cm³/mol. The van der Waals surface area contributed by atoms with Gasteiger partial charge < -0.3 is 9.64 Å². The molecule has 0 N–H and O–H groups in total. The van der Waals surface area contributed by atoms with Crippen LogP contribution < -0.4 is 4.74 Å². The molecular weight excluding hydrogens is 388 g/mol. The Bertz CT molecular complexity index is 941. The van der Waals surface area contributed by atoms with Crippen molar-refractivity contribution in [1.29, 1.82) is 0 Å². The number of likely N-dealkylation sites (tertiary alicyclic amines) is 2. The number of para-hydroxylation sites is 1. The van der Waals surface area contributed by atoms with Crippen molar-refractivity contribution in [2.75, 3.05) is 26.2 Å². The molecule has 1 aromatic carbocycles. The lowest BCUT2D eigenvalue weighted by atomic mass is 9.71. The maximum absolute atomic E-state index is 12.7. The molecule has 0 saturated carbocycles. The molecule has 1 spiro atoms. The second kappa shape index (κ2) is 7.90. The summed E-state index contributed by atoms with van der Waals surface area (Å²) >= 11 is 0. The first-order valence-electron chi connectivity index (χ1n) is 11.5. The third-order valence-corrected chi connectivity index (χ3v) is 7.40. The molecule has 0 radical (unpaired) electrons. The minimum absolute atomic E-state index is 0.0375. The Morgan fingerprint density at radius 3 is 2.52 bits per heavy atom. The number of benzene rings is 1. The minimum Gasteiger partial charge on any atom is -0.487 e. The standard InChI is InChI=1S/C25H32N4O2/c1-24(2)16-19-4-3-5-20(22(19)31-24)17-28-12-7-25(8-13-28)9-14-29(15-10-25)23(30)21-6-11-26-18-27-21/h3-6,11,18H,7-10,12-17H2,1-2H3. The molecule has 2 fully saturated rings. The number of carbonyl (C=O) groups is 1. The van der Waals surface area contributed by atoms with Crippen molar-refractivity contribution >= 4 is 5.91 Å². The first kappa shape index (κ1) is 20.4. The Kier molecular flexibility index (Phi) is 5.21. The molecule has 1 aromatic heterocycles. The lowest BCUT2D eigenvalue weighted by molar-refractivity contribution is 0.0279. The molecule has 0 atom stereocenters. The van der Waals surface area contributed by atoms with Crippen molar-refractivity contribution in [1.82, 2.24) is 19.8 Å². The number of hydrogen-bond acceptors (Lipinski definition) is 5. The normalized spacial score (nSPS) is 22.2. The summed E-state index contributed by atoms with van der Waals surface area (Å²) in [6.45, 7) is 9.20. The maximum Gasteiger partial charge on any atom is 0.272 e. The van der Waals surface area contributed by atoms with Gasteiger partial charge in [0.1, 0.15) is 23.4 Å². The van der Waals surface area contributed by atoms with Crippen molar-refractivity contribution in [2.24, 2.45) is 5.41 Å². The van der Waals surface area contributed by atoms with E-state index in [1.807, 2.05) is 4.90 Å². The average Bonchev–Trinajstić information content (AvgIpc) is 3.11. The predicted octanol–water partition coefficient (Wildman–Crippen LogP) is 3.71. The van der Waals surface area contributed by atoms with E-state index in [0.29, 0.717) is 11.1 Å². The molecule has 0 bridgehead atoms. The highest BCUT2D eigenvalue weighted by molar-refractivity contribution is 5.92. The molecular formula is C25H32N4O2. The summed E-state index contributed by atoms with van der Waals surface area (Å²) in [5.41, 5.74) is 3.46. The Morgan fingerprint density at radius 2 is 1.81 bits per heavy atom. The molecule has 164 valence electrons. The molecule has 31 heavy (non-hydrogen) atoms. The number of hydrogen-bond donors (Lipinski definition) is 0. The number of ether oxygens (including phenoxy) is 1. The van der Waals surface area contributed by atoms with E-state index >= 15 is 0 Å². The molecule has 1 amide bonds. The molecule has 6 nitrogen and oxygen atoms in total. The van der Waals surface area contributed by atoms with Crippen LogP contribution in [0.3, 0.4) is 0 Å². The fourth-order valence-electron chi connectivity index (χ4n) is 5.49. The van der Waals surface area contributed by atoms with Crippen LogP contribution in [0.15, 0.2) is 36.8 Å². The van der Waals surface area contributed by atoms with Gasteiger partial charge in [0.15, 0.2) is 0 Å². The zero-order valence-corrected chi connectivity index (χ0v) is 18.6. The number of amides is 1. The molecule has 2 saturated heterocycles. The fourth-order valence-corrected chi connectivity index (χ4v) is 5.49. The number of piperidine rings is 2. The number of nitrogens with zero attached hydrogens (tertiary/aromatic N) is 4. The third kappa shape index (κ3) is 4.18. The van der Waals surface area contributed by atoms with Crippen molar-refractivity contribution < 1.29 is 9.53 Å². The summed E-state index contributed by atoms with van der Waals surface area (Å²) in [4.78, 5) is 25.3. The Hall–Kier alpha value is -2.47. The Balaban J connectivity index is 1.16. The largest absolute Gasteiger partial charge is 0.487 e. The van der Waals surface area contributed by atoms with Crippen LogP contribution in [-0.2, 0) is 13.0 Å². The van der Waals surface area contributed by atoms with E-state index in [-0.39, 0.29) is 11.5 Å². The second-order valence-corrected chi connectivity index (χ2v) is 10.1. The zero-order valence-electron chi connectivity index (χ0n) is 18.6. The molecule has 4 heterocycles. The summed E-state index contributed by atoms with van der Waals surface area (Å²) < 4.78 is 6.27. The third-order valence-electron chi connectivity index (χ3n) is 7.40. The monoisotopic (exact) mass is 420 g/mol. The molecule has 0 unspecified atom stereocenters. The first-order chi connectivity index (χ1) is 14.9. The van der Waals surface area contributed by atoms with Crippen LogP contribution in [-0.4, -0.2) is 57.5 Å². The van der Waals surface area contributed by atoms with Gasteiger partial charge in [-0.15, -0.1) is 0 Å². The van der Waals surface area contributed by atoms with Gasteiger partial charge in [-0.05, 0) is 69.7 Å². The number of aromatic nitrogens is 2. The fraction of sp³-hybridized carbons (Fsp3) is 0.560. The zero-order chi connectivity index (χ0) is 21.5. The van der Waals surface area contributed by atoms with Crippen molar-refractivity contribution in [3.63, 3.8) is 0 Å². The topological polar surface area (TPSA) is 58.6 Å². The van der Waals surface area contributed by atoms with Crippen LogP contribution in [0, 0.1) is 5.41 Å². The average molecular weight is 421 g/mol. The van der Waals surface area contributed by atoms with Crippen LogP contribution >= 0.6 is 0 Å². The number of carbonyl (C=O) groups excluding carboxylic acids is 1. The van der Waals surface area contributed by atoms with Gasteiger partial charge in [0, 0.05) is 37.8 Å². The van der Waals surface area contributed by atoms with Gasteiger partial charge in [-0.3, -0.25) is 9.69 Å². The van der Waals surface area contributed by atoms with Gasteiger partial charge in [-0.1, -0.05) is 18.2 Å². The van der Waals surface area contributed by atoms with Crippen LogP contribution in [0.1, 0.15) is 61.1 Å². The van der Waals surface area contributed by atoms with Crippen molar-refractivity contribution in [3.8, 4) is 5.75 Å². The van der Waals surface area contributed by atoms with E-state index < -0.39 is 0 Å². The van der Waals surface area contributed by atoms with Crippen LogP contribution in [0.2, 0.25) is 0 Å². The van der Waals surface area contributed by atoms with Crippen LogP contribution in [0.4, 0.5) is 0 Å². The van der Waals surface area contributed by atoms with Gasteiger partial charge in [-0.2, -0.15) is 0 Å². The molecule has 6 heteroatoms. The highest BCUT2D eigenvalue weighted by Crippen LogP contribution is 2.43. The van der Waals surface area contributed by atoms with E-state index in [1.54, 1.807) is 12.3 Å². The number of fused-ring (bicyclic) bond motifs is 1. The van der Waals surface area contributed by atoms with E-state index in [9.17, 15) is 4.79 Å². The summed E-state index contributed by atoms with van der Waals surface area (Å²) in [5, 5.41) is 0. The lowest BCUT2D eigenvalue weighted by Gasteiger charge is -2.47. The molecule has 0 aliphatic carbocycles. The summed E-state index contributed by atoms with van der Waals surface area (Å²) in [5.74, 6) is 1.15. The summed E-state index contributed by atoms with van der Waals surface area (Å²) in [6, 6.07) is 8.31. The smallest absolute Gasteiger partial charge is 0.272 e. The highest BCUT2D eigenvalue weighted by Gasteiger charge is 2.39. The Labute approximate surface area is 184 Å². The van der Waals surface area contributed by atoms with E-state index in [1.165, 1.54) is 30.3 Å². The first-order valence-corrected chi connectivity index (χ1v) is 11.5. The van der Waals surface area contributed by atoms with Crippen molar-refractivity contribution in [3.05, 3.63) is 53.6 Å². The van der Waals surface area contributed by atoms with E-state index in [2.05, 4.69) is 46.9 Å². The van der Waals surface area contributed by atoms with Gasteiger partial charge in [0.05, 0.1) is 0 Å².